The average Bonchev–Trinajstić information content (AvgIpc) is 2.03. The number of carbonyl (C=O) groups is 2. The number of hydrogen-bond acceptors (Lipinski definition) is 3. The number of carboxylic acid groups (broad SMARTS) is 1. The zero-order chi connectivity index (χ0) is 10.0. The molecule has 0 atom stereocenters. The number of aromatic carboxylic acids is 1. The van der Waals surface area contributed by atoms with Gasteiger partial charge in [0.2, 0.25) is 0 Å². The minimum atomic E-state index is -1.25. The monoisotopic (exact) mass is 206 g/mol. The van der Waals surface area contributed by atoms with Gasteiger partial charge in [0, 0.05) is 0 Å². The van der Waals surface area contributed by atoms with Crippen molar-refractivity contribution in [3.05, 3.63) is 29.3 Å². The van der Waals surface area contributed by atoms with Crippen LogP contribution in [0.3, 0.4) is 0 Å². The van der Waals surface area contributed by atoms with Gasteiger partial charge in [-0.1, -0.05) is 6.07 Å². The van der Waals surface area contributed by atoms with Gasteiger partial charge in [-0.15, -0.1) is 0 Å². The number of phenols is 1. The van der Waals surface area contributed by atoms with Gasteiger partial charge in [0.05, 0.1) is 5.56 Å². The molecule has 1 aromatic carbocycles. The van der Waals surface area contributed by atoms with Gasteiger partial charge in [0.1, 0.15) is 11.3 Å². The summed E-state index contributed by atoms with van der Waals surface area (Å²) >= 11 is 0. The Morgan fingerprint density at radius 2 is 1.79 bits per heavy atom. The van der Waals surface area contributed by atoms with Gasteiger partial charge in [0.25, 0.3) is 0 Å². The normalized spacial score (nSPS) is 8.93. The number of hydrogen-bond donors (Lipinski definition) is 2. The summed E-state index contributed by atoms with van der Waals surface area (Å²) in [4.78, 5) is 21.4. The molecule has 0 saturated heterocycles. The molecule has 0 radical (unpaired) electrons. The van der Waals surface area contributed by atoms with Crippen LogP contribution in [0.15, 0.2) is 18.2 Å². The number of carbonyl (C=O) groups excluding carboxylic acids is 1. The molecule has 0 saturated carbocycles. The van der Waals surface area contributed by atoms with Crippen LogP contribution in [0.4, 0.5) is 0 Å². The van der Waals surface area contributed by atoms with Crippen LogP contribution < -0.4 is 0 Å². The Morgan fingerprint density at radius 3 is 2.21 bits per heavy atom. The second-order valence-corrected chi connectivity index (χ2v) is 2.56. The molecule has 0 fully saturated rings. The summed E-state index contributed by atoms with van der Waals surface area (Å²) in [6.45, 7) is 1.26. The maximum absolute atomic E-state index is 10.9. The predicted octanol–water partition coefficient (Wildman–Crippen LogP) is 1.14. The Kier molecular flexibility index (Phi) is 4.59. The second-order valence-electron chi connectivity index (χ2n) is 2.56. The van der Waals surface area contributed by atoms with Crippen LogP contribution in [0.25, 0.3) is 0 Å². The van der Waals surface area contributed by atoms with Gasteiger partial charge >= 0.3 is 29.0 Å². The first-order valence-electron chi connectivity index (χ1n) is 3.60. The smallest absolute Gasteiger partial charge is 1.00 e. The molecule has 1 aromatic rings. The SMILES string of the molecule is CC(=O)c1cccc(C(=O)O)c1O.[H-].[H-].[Mg+2]. The molecular formula is C9H10MgO4. The van der Waals surface area contributed by atoms with Crippen LogP contribution >= 0.6 is 0 Å². The van der Waals surface area contributed by atoms with Crippen LogP contribution in [0.5, 0.6) is 5.75 Å². The molecule has 14 heavy (non-hydrogen) atoms. The fourth-order valence-corrected chi connectivity index (χ4v) is 1.00. The molecule has 0 aromatic heterocycles. The van der Waals surface area contributed by atoms with E-state index in [2.05, 4.69) is 0 Å². The maximum Gasteiger partial charge on any atom is 2.00 e. The van der Waals surface area contributed by atoms with Crippen molar-refractivity contribution in [2.24, 2.45) is 0 Å². The van der Waals surface area contributed by atoms with Crippen molar-refractivity contribution in [1.82, 2.24) is 0 Å². The molecule has 0 aliphatic heterocycles. The van der Waals surface area contributed by atoms with E-state index in [1.54, 1.807) is 0 Å². The van der Waals surface area contributed by atoms with Gasteiger partial charge in [-0.25, -0.2) is 4.79 Å². The van der Waals surface area contributed by atoms with E-state index in [1.165, 1.54) is 25.1 Å². The molecule has 5 heteroatoms. The number of benzene rings is 1. The molecule has 0 amide bonds. The quantitative estimate of drug-likeness (QED) is 0.562. The minimum Gasteiger partial charge on any atom is -1.00 e. The molecule has 0 unspecified atom stereocenters. The molecule has 0 spiro atoms. The van der Waals surface area contributed by atoms with E-state index in [1.807, 2.05) is 0 Å². The topological polar surface area (TPSA) is 74.6 Å². The fraction of sp³-hybridized carbons (Fsp3) is 0.111. The third-order valence-electron chi connectivity index (χ3n) is 1.65. The number of aromatic hydroxyl groups is 1. The summed E-state index contributed by atoms with van der Waals surface area (Å²) in [5, 5.41) is 17.9. The molecule has 4 nitrogen and oxygen atoms in total. The molecule has 1 rings (SSSR count). The molecule has 0 aliphatic rings. The third kappa shape index (κ3) is 2.46. The van der Waals surface area contributed by atoms with Crippen LogP contribution in [0.1, 0.15) is 30.5 Å². The fourth-order valence-electron chi connectivity index (χ4n) is 1.00. The largest absolute Gasteiger partial charge is 2.00 e. The first-order chi connectivity index (χ1) is 6.04. The van der Waals surface area contributed by atoms with E-state index < -0.39 is 11.7 Å². The first kappa shape index (κ1) is 12.9. The van der Waals surface area contributed by atoms with Crippen molar-refractivity contribution >= 4 is 34.8 Å². The second kappa shape index (κ2) is 4.97. The molecule has 72 valence electrons. The number of rotatable bonds is 2. The Morgan fingerprint density at radius 1 is 1.29 bits per heavy atom. The number of Topliss-reactive ketones (excluding diaryl/α,β-unsaturated/α-hetero) is 1. The number of para-hydroxylation sites is 1. The van der Waals surface area contributed by atoms with E-state index >= 15 is 0 Å². The van der Waals surface area contributed by atoms with Crippen LogP contribution in [-0.4, -0.2) is 45.0 Å². The minimum absolute atomic E-state index is 0. The van der Waals surface area contributed by atoms with Crippen molar-refractivity contribution in [3.63, 3.8) is 0 Å². The van der Waals surface area contributed by atoms with E-state index in [0.717, 1.165) is 0 Å². The summed E-state index contributed by atoms with van der Waals surface area (Å²) in [6, 6.07) is 4.04. The summed E-state index contributed by atoms with van der Waals surface area (Å²) in [5.74, 6) is -2.08. The summed E-state index contributed by atoms with van der Waals surface area (Å²) < 4.78 is 0. The number of ketones is 1. The van der Waals surface area contributed by atoms with Crippen molar-refractivity contribution in [1.29, 1.82) is 0 Å². The van der Waals surface area contributed by atoms with Crippen LogP contribution in [0, 0.1) is 0 Å². The standard InChI is InChI=1S/C9H8O4.Mg.2H/c1-5(10)6-3-2-4-7(8(6)11)9(12)13;;;/h2-4,11H,1H3,(H,12,13);;;/q;+2;2*-1. The van der Waals surface area contributed by atoms with Gasteiger partial charge in [-0.2, -0.15) is 0 Å². The molecule has 0 bridgehead atoms. The Balaban J connectivity index is -0.000000563. The summed E-state index contributed by atoms with van der Waals surface area (Å²) in [7, 11) is 0. The number of carboxylic acids is 1. The van der Waals surface area contributed by atoms with E-state index in [-0.39, 0.29) is 42.8 Å². The Hall–Kier alpha value is -1.07. The van der Waals surface area contributed by atoms with Crippen molar-refractivity contribution in [2.45, 2.75) is 6.92 Å². The zero-order valence-corrected chi connectivity index (χ0v) is 9.06. The Bertz CT molecular complexity index is 350. The van der Waals surface area contributed by atoms with Crippen molar-refractivity contribution in [2.75, 3.05) is 0 Å². The van der Waals surface area contributed by atoms with Gasteiger partial charge in [-0.05, 0) is 19.1 Å². The summed E-state index contributed by atoms with van der Waals surface area (Å²) in [6.07, 6.45) is 0. The van der Waals surface area contributed by atoms with Gasteiger partial charge in [0.15, 0.2) is 5.78 Å². The molecule has 0 heterocycles. The first-order valence-corrected chi connectivity index (χ1v) is 3.60. The van der Waals surface area contributed by atoms with E-state index in [4.69, 9.17) is 5.11 Å². The van der Waals surface area contributed by atoms with Gasteiger partial charge < -0.3 is 13.1 Å². The van der Waals surface area contributed by atoms with Crippen LogP contribution in [-0.2, 0) is 0 Å². The molecule has 0 aliphatic carbocycles. The predicted molar refractivity (Wildman–Crippen MR) is 53.0 cm³/mol. The Labute approximate surface area is 99.7 Å². The maximum atomic E-state index is 10.9. The van der Waals surface area contributed by atoms with Crippen molar-refractivity contribution in [3.8, 4) is 5.75 Å². The van der Waals surface area contributed by atoms with E-state index in [9.17, 15) is 14.7 Å². The molecular weight excluding hydrogens is 196 g/mol. The average molecular weight is 206 g/mol. The van der Waals surface area contributed by atoms with Crippen LogP contribution in [0.2, 0.25) is 0 Å². The summed E-state index contributed by atoms with van der Waals surface area (Å²) in [5.41, 5.74) is -0.229. The molecule has 2 N–H and O–H groups in total. The van der Waals surface area contributed by atoms with Gasteiger partial charge in [-0.3, -0.25) is 4.79 Å². The third-order valence-corrected chi connectivity index (χ3v) is 1.65. The van der Waals surface area contributed by atoms with Crippen molar-refractivity contribution < 1.29 is 22.7 Å². The zero-order valence-electron chi connectivity index (χ0n) is 9.65. The van der Waals surface area contributed by atoms with E-state index in [0.29, 0.717) is 0 Å².